The number of aryl methyl sites for hydroxylation is 1. The molecule has 1 aromatic carbocycles. The van der Waals surface area contributed by atoms with Crippen LogP contribution in [0.4, 0.5) is 0 Å². The Morgan fingerprint density at radius 2 is 2.21 bits per heavy atom. The van der Waals surface area contributed by atoms with Crippen molar-refractivity contribution in [3.05, 3.63) is 69.7 Å². The molecule has 3 heterocycles. The molecule has 0 aliphatic carbocycles. The SMILES string of the molecule is COCCC(=O)N1Cc2ccccc2C(c2nccn2Cc2csc(C)n2)C1. The summed E-state index contributed by atoms with van der Waals surface area (Å²) in [5, 5.41) is 3.16. The summed E-state index contributed by atoms with van der Waals surface area (Å²) in [4.78, 5) is 23.9. The minimum Gasteiger partial charge on any atom is -0.384 e. The van der Waals surface area contributed by atoms with Crippen molar-refractivity contribution >= 4 is 17.2 Å². The smallest absolute Gasteiger partial charge is 0.225 e. The molecule has 6 nitrogen and oxygen atoms in total. The van der Waals surface area contributed by atoms with E-state index in [2.05, 4.69) is 38.1 Å². The Kier molecular flexibility index (Phi) is 5.54. The lowest BCUT2D eigenvalue weighted by atomic mass is 9.88. The van der Waals surface area contributed by atoms with Gasteiger partial charge >= 0.3 is 0 Å². The average Bonchev–Trinajstić information content (AvgIpc) is 3.34. The second kappa shape index (κ2) is 8.24. The Morgan fingerprint density at radius 1 is 1.36 bits per heavy atom. The highest BCUT2D eigenvalue weighted by atomic mass is 32.1. The lowest BCUT2D eigenvalue weighted by Crippen LogP contribution is -2.39. The van der Waals surface area contributed by atoms with Crippen molar-refractivity contribution in [3.8, 4) is 0 Å². The molecule has 0 saturated heterocycles. The van der Waals surface area contributed by atoms with Crippen LogP contribution in [0.1, 0.15) is 40.0 Å². The summed E-state index contributed by atoms with van der Waals surface area (Å²) < 4.78 is 7.24. The van der Waals surface area contributed by atoms with Crippen molar-refractivity contribution in [1.82, 2.24) is 19.4 Å². The lowest BCUT2D eigenvalue weighted by molar-refractivity contribution is -0.133. The first-order chi connectivity index (χ1) is 13.7. The molecule has 146 valence electrons. The van der Waals surface area contributed by atoms with Crippen LogP contribution in [-0.2, 0) is 22.6 Å². The van der Waals surface area contributed by atoms with Gasteiger partial charge in [0.05, 0.1) is 36.2 Å². The van der Waals surface area contributed by atoms with Gasteiger partial charge in [-0.3, -0.25) is 4.79 Å². The minimum atomic E-state index is 0.0474. The van der Waals surface area contributed by atoms with Gasteiger partial charge in [0.1, 0.15) is 5.82 Å². The van der Waals surface area contributed by atoms with Crippen LogP contribution in [0.25, 0.3) is 0 Å². The Labute approximate surface area is 168 Å². The van der Waals surface area contributed by atoms with Crippen LogP contribution in [0.15, 0.2) is 42.0 Å². The highest BCUT2D eigenvalue weighted by Crippen LogP contribution is 2.33. The molecule has 0 N–H and O–H groups in total. The van der Waals surface area contributed by atoms with Gasteiger partial charge < -0.3 is 14.2 Å². The first-order valence-electron chi connectivity index (χ1n) is 9.42. The molecular weight excluding hydrogens is 372 g/mol. The summed E-state index contributed by atoms with van der Waals surface area (Å²) >= 11 is 1.66. The molecule has 0 fully saturated rings. The van der Waals surface area contributed by atoms with Crippen LogP contribution in [0, 0.1) is 6.92 Å². The summed E-state index contributed by atoms with van der Waals surface area (Å²) in [5.74, 6) is 1.14. The van der Waals surface area contributed by atoms with Gasteiger partial charge in [-0.25, -0.2) is 9.97 Å². The third-order valence-corrected chi connectivity index (χ3v) is 5.95. The van der Waals surface area contributed by atoms with Gasteiger partial charge in [0.15, 0.2) is 0 Å². The fraction of sp³-hybridized carbons (Fsp3) is 0.381. The average molecular weight is 397 g/mol. The zero-order valence-electron chi connectivity index (χ0n) is 16.2. The third kappa shape index (κ3) is 3.86. The van der Waals surface area contributed by atoms with Gasteiger partial charge in [-0.1, -0.05) is 24.3 Å². The van der Waals surface area contributed by atoms with Crippen LogP contribution in [0.2, 0.25) is 0 Å². The van der Waals surface area contributed by atoms with E-state index < -0.39 is 0 Å². The highest BCUT2D eigenvalue weighted by molar-refractivity contribution is 7.09. The van der Waals surface area contributed by atoms with Crippen LogP contribution in [0.5, 0.6) is 0 Å². The molecule has 0 bridgehead atoms. The topological polar surface area (TPSA) is 60.2 Å². The van der Waals surface area contributed by atoms with E-state index in [1.165, 1.54) is 11.1 Å². The second-order valence-electron chi connectivity index (χ2n) is 7.04. The first-order valence-corrected chi connectivity index (χ1v) is 10.3. The van der Waals surface area contributed by atoms with Gasteiger partial charge in [-0.2, -0.15) is 0 Å². The van der Waals surface area contributed by atoms with E-state index in [9.17, 15) is 4.79 Å². The Morgan fingerprint density at radius 3 is 3.00 bits per heavy atom. The number of amides is 1. The van der Waals surface area contributed by atoms with E-state index >= 15 is 0 Å². The third-order valence-electron chi connectivity index (χ3n) is 5.13. The van der Waals surface area contributed by atoms with Crippen molar-refractivity contribution in [2.24, 2.45) is 0 Å². The standard InChI is InChI=1S/C21H24N4O2S/c1-15-23-17(14-28-15)12-24-9-8-22-21(24)19-13-25(20(26)7-10-27-2)11-16-5-3-4-6-18(16)19/h3-6,8-9,14,19H,7,10-13H2,1-2H3. The van der Waals surface area contributed by atoms with Crippen molar-refractivity contribution < 1.29 is 9.53 Å². The van der Waals surface area contributed by atoms with E-state index in [0.29, 0.717) is 32.7 Å². The summed E-state index contributed by atoms with van der Waals surface area (Å²) in [5.41, 5.74) is 3.47. The number of hydrogen-bond donors (Lipinski definition) is 0. The maximum Gasteiger partial charge on any atom is 0.225 e. The van der Waals surface area contributed by atoms with Crippen LogP contribution >= 0.6 is 11.3 Å². The second-order valence-corrected chi connectivity index (χ2v) is 8.10. The van der Waals surface area contributed by atoms with Gasteiger partial charge in [0.2, 0.25) is 5.91 Å². The molecule has 2 aromatic heterocycles. The van der Waals surface area contributed by atoms with Crippen LogP contribution < -0.4 is 0 Å². The molecule has 28 heavy (non-hydrogen) atoms. The number of aromatic nitrogens is 3. The van der Waals surface area contributed by atoms with Crippen LogP contribution in [0.3, 0.4) is 0 Å². The predicted molar refractivity (Wildman–Crippen MR) is 108 cm³/mol. The van der Waals surface area contributed by atoms with E-state index in [1.54, 1.807) is 18.4 Å². The van der Waals surface area contributed by atoms with Crippen molar-refractivity contribution in [3.63, 3.8) is 0 Å². The normalized spacial score (nSPS) is 16.2. The monoisotopic (exact) mass is 396 g/mol. The van der Waals surface area contributed by atoms with Gasteiger partial charge in [-0.15, -0.1) is 11.3 Å². The van der Waals surface area contributed by atoms with E-state index in [-0.39, 0.29) is 11.8 Å². The maximum atomic E-state index is 12.7. The molecule has 0 saturated carbocycles. The zero-order valence-corrected chi connectivity index (χ0v) is 17.0. The van der Waals surface area contributed by atoms with E-state index in [1.807, 2.05) is 30.3 Å². The van der Waals surface area contributed by atoms with Gasteiger partial charge in [0.25, 0.3) is 0 Å². The summed E-state index contributed by atoms with van der Waals surface area (Å²) in [6, 6.07) is 8.35. The molecule has 3 aromatic rings. The minimum absolute atomic E-state index is 0.0474. The number of imidazole rings is 1. The molecule has 1 unspecified atom stereocenters. The molecule has 1 amide bonds. The Hall–Kier alpha value is -2.51. The quantitative estimate of drug-likeness (QED) is 0.642. The Bertz CT molecular complexity index is 965. The van der Waals surface area contributed by atoms with Gasteiger partial charge in [0, 0.05) is 38.0 Å². The number of methoxy groups -OCH3 is 1. The highest BCUT2D eigenvalue weighted by Gasteiger charge is 2.31. The molecule has 4 rings (SSSR count). The molecule has 0 radical (unpaired) electrons. The number of rotatable bonds is 6. The summed E-state index contributed by atoms with van der Waals surface area (Å²) in [6.07, 6.45) is 4.24. The number of carbonyl (C=O) groups excluding carboxylic acids is 1. The zero-order chi connectivity index (χ0) is 19.5. The molecular formula is C21H24N4O2S. The number of benzene rings is 1. The van der Waals surface area contributed by atoms with E-state index in [0.717, 1.165) is 16.5 Å². The fourth-order valence-electron chi connectivity index (χ4n) is 3.79. The maximum absolute atomic E-state index is 12.7. The Balaban J connectivity index is 1.64. The largest absolute Gasteiger partial charge is 0.384 e. The number of fused-ring (bicyclic) bond motifs is 1. The first kappa shape index (κ1) is 18.8. The number of nitrogens with zero attached hydrogens (tertiary/aromatic N) is 4. The van der Waals surface area contributed by atoms with Gasteiger partial charge in [-0.05, 0) is 18.1 Å². The molecule has 7 heteroatoms. The lowest BCUT2D eigenvalue weighted by Gasteiger charge is -2.34. The van der Waals surface area contributed by atoms with Crippen molar-refractivity contribution in [1.29, 1.82) is 0 Å². The molecule has 1 aliphatic rings. The number of hydrogen-bond acceptors (Lipinski definition) is 5. The van der Waals surface area contributed by atoms with Crippen molar-refractivity contribution in [2.45, 2.75) is 32.4 Å². The molecule has 1 atom stereocenters. The fourth-order valence-corrected chi connectivity index (χ4v) is 4.39. The number of ether oxygens (including phenoxy) is 1. The predicted octanol–water partition coefficient (Wildman–Crippen LogP) is 3.21. The molecule has 1 aliphatic heterocycles. The van der Waals surface area contributed by atoms with Crippen molar-refractivity contribution in [2.75, 3.05) is 20.3 Å². The number of thiazole rings is 1. The molecule has 0 spiro atoms. The van der Waals surface area contributed by atoms with E-state index in [4.69, 9.17) is 4.74 Å². The summed E-state index contributed by atoms with van der Waals surface area (Å²) in [6.45, 7) is 4.42. The summed E-state index contributed by atoms with van der Waals surface area (Å²) in [7, 11) is 1.62. The number of carbonyl (C=O) groups is 1. The van der Waals surface area contributed by atoms with Crippen LogP contribution in [-0.4, -0.2) is 45.6 Å².